The molecule has 0 radical (unpaired) electrons. The number of amides is 2. The van der Waals surface area contributed by atoms with Crippen molar-refractivity contribution in [3.8, 4) is 0 Å². The Bertz CT molecular complexity index is 679. The van der Waals surface area contributed by atoms with E-state index in [4.69, 9.17) is 4.52 Å². The van der Waals surface area contributed by atoms with Crippen LogP contribution >= 0.6 is 0 Å². The number of anilines is 2. The van der Waals surface area contributed by atoms with Crippen molar-refractivity contribution in [1.29, 1.82) is 0 Å². The summed E-state index contributed by atoms with van der Waals surface area (Å²) in [5.41, 5.74) is 1.65. The molecule has 6 heteroatoms. The van der Waals surface area contributed by atoms with Crippen LogP contribution in [0.1, 0.15) is 37.5 Å². The van der Waals surface area contributed by atoms with E-state index in [0.29, 0.717) is 11.4 Å². The van der Waals surface area contributed by atoms with Gasteiger partial charge in [-0.05, 0) is 30.9 Å². The van der Waals surface area contributed by atoms with Gasteiger partial charge >= 0.3 is 11.8 Å². The zero-order valence-electron chi connectivity index (χ0n) is 12.8. The minimum Gasteiger partial charge on any atom is -0.360 e. The van der Waals surface area contributed by atoms with Gasteiger partial charge in [0.2, 0.25) is 0 Å². The summed E-state index contributed by atoms with van der Waals surface area (Å²) in [4.78, 5) is 23.9. The van der Waals surface area contributed by atoms with Gasteiger partial charge in [0.25, 0.3) is 0 Å². The Kier molecular flexibility index (Phi) is 4.93. The summed E-state index contributed by atoms with van der Waals surface area (Å²) in [5.74, 6) is -0.466. The number of hydrogen-bond donors (Lipinski definition) is 2. The molecule has 0 saturated heterocycles. The fourth-order valence-electron chi connectivity index (χ4n) is 2.04. The second-order valence-electron chi connectivity index (χ2n) is 5.13. The second-order valence-corrected chi connectivity index (χ2v) is 5.13. The van der Waals surface area contributed by atoms with Gasteiger partial charge in [0.1, 0.15) is 5.76 Å². The van der Waals surface area contributed by atoms with Crippen LogP contribution < -0.4 is 10.6 Å². The lowest BCUT2D eigenvalue weighted by molar-refractivity contribution is -0.133. The third kappa shape index (κ3) is 3.72. The van der Waals surface area contributed by atoms with E-state index in [0.717, 1.165) is 12.0 Å². The minimum absolute atomic E-state index is 0.216. The van der Waals surface area contributed by atoms with Gasteiger partial charge in [-0.1, -0.05) is 37.2 Å². The van der Waals surface area contributed by atoms with Gasteiger partial charge in [-0.15, -0.1) is 0 Å². The van der Waals surface area contributed by atoms with Crippen LogP contribution in [0.3, 0.4) is 0 Å². The molecular formula is C16H19N3O3. The van der Waals surface area contributed by atoms with Crippen LogP contribution in [0.25, 0.3) is 0 Å². The lowest BCUT2D eigenvalue weighted by atomic mass is 9.97. The van der Waals surface area contributed by atoms with Crippen molar-refractivity contribution in [3.63, 3.8) is 0 Å². The lowest BCUT2D eigenvalue weighted by Gasteiger charge is -2.15. The third-order valence-corrected chi connectivity index (χ3v) is 3.43. The molecule has 116 valence electrons. The number of nitrogens with one attached hydrogen (secondary N) is 2. The van der Waals surface area contributed by atoms with E-state index in [-0.39, 0.29) is 11.7 Å². The first-order valence-electron chi connectivity index (χ1n) is 7.15. The second kappa shape index (κ2) is 6.89. The van der Waals surface area contributed by atoms with Gasteiger partial charge in [-0.2, -0.15) is 0 Å². The van der Waals surface area contributed by atoms with E-state index in [2.05, 4.69) is 29.6 Å². The average molecular weight is 301 g/mol. The summed E-state index contributed by atoms with van der Waals surface area (Å²) in [6, 6.07) is 9.00. The molecule has 1 aromatic heterocycles. The zero-order chi connectivity index (χ0) is 16.1. The molecule has 2 aromatic rings. The maximum absolute atomic E-state index is 12.0. The van der Waals surface area contributed by atoms with E-state index in [1.165, 1.54) is 6.07 Å². The highest BCUT2D eigenvalue weighted by Gasteiger charge is 2.18. The van der Waals surface area contributed by atoms with Crippen molar-refractivity contribution in [3.05, 3.63) is 41.7 Å². The Balaban J connectivity index is 2.07. The predicted octanol–water partition coefficient (Wildman–Crippen LogP) is 3.07. The molecule has 6 nitrogen and oxygen atoms in total. The molecule has 0 fully saturated rings. The van der Waals surface area contributed by atoms with Gasteiger partial charge in [0, 0.05) is 11.8 Å². The van der Waals surface area contributed by atoms with Crippen LogP contribution in [0.4, 0.5) is 11.5 Å². The van der Waals surface area contributed by atoms with Crippen LogP contribution in [-0.2, 0) is 9.59 Å². The van der Waals surface area contributed by atoms with Crippen LogP contribution in [-0.4, -0.2) is 17.0 Å². The van der Waals surface area contributed by atoms with Crippen LogP contribution in [0.15, 0.2) is 34.9 Å². The molecule has 22 heavy (non-hydrogen) atoms. The highest BCUT2D eigenvalue weighted by Crippen LogP contribution is 2.26. The Morgan fingerprint density at radius 2 is 1.91 bits per heavy atom. The summed E-state index contributed by atoms with van der Waals surface area (Å²) >= 11 is 0. The van der Waals surface area contributed by atoms with E-state index >= 15 is 0 Å². The molecule has 0 aliphatic heterocycles. The molecule has 2 amide bonds. The molecule has 0 aliphatic rings. The van der Waals surface area contributed by atoms with Crippen molar-refractivity contribution in [2.24, 2.45) is 0 Å². The van der Waals surface area contributed by atoms with E-state index in [1.807, 2.05) is 18.2 Å². The summed E-state index contributed by atoms with van der Waals surface area (Å²) in [7, 11) is 0. The smallest absolute Gasteiger partial charge is 0.315 e. The Labute approximate surface area is 128 Å². The summed E-state index contributed by atoms with van der Waals surface area (Å²) in [5, 5.41) is 8.65. The molecule has 1 atom stereocenters. The molecule has 0 saturated carbocycles. The first-order valence-corrected chi connectivity index (χ1v) is 7.15. The van der Waals surface area contributed by atoms with E-state index < -0.39 is 11.8 Å². The van der Waals surface area contributed by atoms with Gasteiger partial charge in [0.15, 0.2) is 5.82 Å². The summed E-state index contributed by atoms with van der Waals surface area (Å²) in [6.07, 6.45) is 0.942. The van der Waals surface area contributed by atoms with Crippen molar-refractivity contribution in [2.45, 2.75) is 33.1 Å². The zero-order valence-corrected chi connectivity index (χ0v) is 12.8. The standard InChI is InChI=1S/C16H19N3O3/c1-4-10(2)12-7-5-6-8-13(12)17-15(20)16(21)18-14-9-11(3)22-19-14/h5-10H,4H2,1-3H3,(H,17,20)(H,18,19,21). The Hall–Kier alpha value is -2.63. The van der Waals surface area contributed by atoms with E-state index in [9.17, 15) is 9.59 Å². The Morgan fingerprint density at radius 3 is 2.55 bits per heavy atom. The third-order valence-electron chi connectivity index (χ3n) is 3.43. The maximum atomic E-state index is 12.0. The SMILES string of the molecule is CCC(C)c1ccccc1NC(=O)C(=O)Nc1cc(C)on1. The van der Waals surface area contributed by atoms with Crippen LogP contribution in [0.2, 0.25) is 0 Å². The topological polar surface area (TPSA) is 84.2 Å². The number of carbonyl (C=O) groups excluding carboxylic acids is 2. The minimum atomic E-state index is -0.785. The quantitative estimate of drug-likeness (QED) is 0.850. The highest BCUT2D eigenvalue weighted by atomic mass is 16.5. The normalized spacial score (nSPS) is 11.8. The molecule has 0 spiro atoms. The summed E-state index contributed by atoms with van der Waals surface area (Å²) in [6.45, 7) is 5.84. The van der Waals surface area contributed by atoms with Crippen molar-refractivity contribution in [2.75, 3.05) is 10.6 Å². The number of rotatable bonds is 4. The van der Waals surface area contributed by atoms with E-state index in [1.54, 1.807) is 13.0 Å². The number of hydrogen-bond acceptors (Lipinski definition) is 4. The molecule has 2 rings (SSSR count). The van der Waals surface area contributed by atoms with Gasteiger partial charge in [-0.3, -0.25) is 14.9 Å². The fourth-order valence-corrected chi connectivity index (χ4v) is 2.04. The number of benzene rings is 1. The van der Waals surface area contributed by atoms with Gasteiger partial charge < -0.3 is 9.84 Å². The number of para-hydroxylation sites is 1. The van der Waals surface area contributed by atoms with Crippen molar-refractivity contribution >= 4 is 23.3 Å². The van der Waals surface area contributed by atoms with Crippen molar-refractivity contribution in [1.82, 2.24) is 5.16 Å². The van der Waals surface area contributed by atoms with Gasteiger partial charge in [0.05, 0.1) is 0 Å². The first-order chi connectivity index (χ1) is 10.5. The number of aryl methyl sites for hydroxylation is 1. The number of aromatic nitrogens is 1. The molecule has 1 unspecified atom stereocenters. The van der Waals surface area contributed by atoms with Crippen molar-refractivity contribution < 1.29 is 14.1 Å². The van der Waals surface area contributed by atoms with Gasteiger partial charge in [-0.25, -0.2) is 0 Å². The molecule has 1 heterocycles. The largest absolute Gasteiger partial charge is 0.360 e. The number of nitrogens with zero attached hydrogens (tertiary/aromatic N) is 1. The monoisotopic (exact) mass is 301 g/mol. The molecule has 2 N–H and O–H groups in total. The Morgan fingerprint density at radius 1 is 1.23 bits per heavy atom. The predicted molar refractivity (Wildman–Crippen MR) is 83.6 cm³/mol. The first kappa shape index (κ1) is 15.8. The van der Waals surface area contributed by atoms with Crippen LogP contribution in [0, 0.1) is 6.92 Å². The summed E-state index contributed by atoms with van der Waals surface area (Å²) < 4.78 is 4.83. The fraction of sp³-hybridized carbons (Fsp3) is 0.312. The molecule has 1 aromatic carbocycles. The van der Waals surface area contributed by atoms with Crippen LogP contribution in [0.5, 0.6) is 0 Å². The number of carbonyl (C=O) groups is 2. The lowest BCUT2D eigenvalue weighted by Crippen LogP contribution is -2.29. The highest BCUT2D eigenvalue weighted by molar-refractivity contribution is 6.43. The average Bonchev–Trinajstić information content (AvgIpc) is 2.92. The molecule has 0 bridgehead atoms. The molecular weight excluding hydrogens is 282 g/mol. The molecule has 0 aliphatic carbocycles. The maximum Gasteiger partial charge on any atom is 0.315 e.